The number of hydrogen-bond acceptors (Lipinski definition) is 8. The molecule has 0 bridgehead atoms. The van der Waals surface area contributed by atoms with E-state index in [0.717, 1.165) is 21.7 Å². The van der Waals surface area contributed by atoms with Crippen molar-refractivity contribution >= 4 is 38.1 Å². The third-order valence-corrected chi connectivity index (χ3v) is 4.71. The molecule has 0 radical (unpaired) electrons. The SMILES string of the molecule is COc1ccc2sc(/N=N/c3ccc(N(CCO)CCO)cc3)nc2c1. The van der Waals surface area contributed by atoms with E-state index in [1.165, 1.54) is 11.3 Å². The maximum Gasteiger partial charge on any atom is 0.231 e. The van der Waals surface area contributed by atoms with Gasteiger partial charge in [-0.3, -0.25) is 0 Å². The molecule has 0 fully saturated rings. The molecule has 8 heteroatoms. The van der Waals surface area contributed by atoms with Crippen molar-refractivity contribution in [3.63, 3.8) is 0 Å². The number of methoxy groups -OCH3 is 1. The normalized spacial score (nSPS) is 11.3. The van der Waals surface area contributed by atoms with Gasteiger partial charge in [-0.25, -0.2) is 4.98 Å². The van der Waals surface area contributed by atoms with Crippen molar-refractivity contribution in [3.8, 4) is 5.75 Å². The average molecular weight is 372 g/mol. The summed E-state index contributed by atoms with van der Waals surface area (Å²) in [5.74, 6) is 0.761. The minimum Gasteiger partial charge on any atom is -0.497 e. The molecule has 26 heavy (non-hydrogen) atoms. The van der Waals surface area contributed by atoms with E-state index in [4.69, 9.17) is 14.9 Å². The molecule has 0 aliphatic heterocycles. The zero-order valence-corrected chi connectivity index (χ0v) is 15.2. The van der Waals surface area contributed by atoms with Gasteiger partial charge in [0, 0.05) is 24.8 Å². The Hall–Kier alpha value is -2.55. The monoisotopic (exact) mass is 372 g/mol. The number of rotatable bonds is 8. The number of aliphatic hydroxyl groups is 2. The first-order chi connectivity index (χ1) is 12.7. The van der Waals surface area contributed by atoms with E-state index < -0.39 is 0 Å². The molecule has 3 rings (SSSR count). The van der Waals surface area contributed by atoms with E-state index in [2.05, 4.69) is 15.2 Å². The number of nitrogens with zero attached hydrogens (tertiary/aromatic N) is 4. The standard InChI is InChI=1S/C18H20N4O3S/c1-25-15-6-7-17-16(12-15)19-18(26-17)21-20-13-2-4-14(5-3-13)22(8-10-23)9-11-24/h2-7,12,23-24H,8-11H2,1H3/b21-20+. The summed E-state index contributed by atoms with van der Waals surface area (Å²) >= 11 is 1.47. The molecule has 0 amide bonds. The molecule has 0 spiro atoms. The number of benzene rings is 2. The third kappa shape index (κ3) is 4.34. The molecule has 0 aliphatic rings. The fourth-order valence-electron chi connectivity index (χ4n) is 2.51. The first-order valence-electron chi connectivity index (χ1n) is 8.16. The van der Waals surface area contributed by atoms with E-state index in [1.807, 2.05) is 47.4 Å². The van der Waals surface area contributed by atoms with Crippen LogP contribution in [-0.2, 0) is 0 Å². The lowest BCUT2D eigenvalue weighted by atomic mass is 10.2. The third-order valence-electron chi connectivity index (χ3n) is 3.79. The van der Waals surface area contributed by atoms with Gasteiger partial charge in [-0.2, -0.15) is 0 Å². The molecule has 0 saturated carbocycles. The van der Waals surface area contributed by atoms with Gasteiger partial charge in [0.2, 0.25) is 5.13 Å². The molecule has 136 valence electrons. The van der Waals surface area contributed by atoms with E-state index in [0.29, 0.717) is 23.9 Å². The van der Waals surface area contributed by atoms with Crippen LogP contribution in [0.1, 0.15) is 0 Å². The number of ether oxygens (including phenoxy) is 1. The molecule has 1 aromatic heterocycles. The quantitative estimate of drug-likeness (QED) is 0.591. The number of hydrogen-bond donors (Lipinski definition) is 2. The predicted molar refractivity (Wildman–Crippen MR) is 103 cm³/mol. The van der Waals surface area contributed by atoms with Crippen molar-refractivity contribution in [2.24, 2.45) is 10.2 Å². The summed E-state index contributed by atoms with van der Waals surface area (Å²) in [5.41, 5.74) is 2.46. The summed E-state index contributed by atoms with van der Waals surface area (Å²) in [7, 11) is 1.63. The second kappa shape index (κ2) is 8.70. The van der Waals surface area contributed by atoms with Crippen molar-refractivity contribution in [1.82, 2.24) is 4.98 Å². The Kier molecular flexibility index (Phi) is 6.11. The maximum atomic E-state index is 9.11. The summed E-state index contributed by atoms with van der Waals surface area (Å²) < 4.78 is 6.23. The van der Waals surface area contributed by atoms with Gasteiger partial charge < -0.3 is 19.8 Å². The highest BCUT2D eigenvalue weighted by Gasteiger charge is 2.06. The Balaban J connectivity index is 1.74. The van der Waals surface area contributed by atoms with Gasteiger partial charge in [0.25, 0.3) is 0 Å². The summed E-state index contributed by atoms with van der Waals surface area (Å²) in [6, 6.07) is 13.2. The number of azo groups is 1. The van der Waals surface area contributed by atoms with Gasteiger partial charge in [0.15, 0.2) is 0 Å². The number of aromatic nitrogens is 1. The molecule has 1 heterocycles. The van der Waals surface area contributed by atoms with Crippen molar-refractivity contribution in [2.75, 3.05) is 38.3 Å². The first-order valence-corrected chi connectivity index (χ1v) is 8.98. The van der Waals surface area contributed by atoms with Crippen LogP contribution < -0.4 is 9.64 Å². The van der Waals surface area contributed by atoms with Gasteiger partial charge in [-0.15, -0.1) is 10.2 Å². The summed E-state index contributed by atoms with van der Waals surface area (Å²) in [5, 5.41) is 27.3. The Morgan fingerprint density at radius 2 is 1.77 bits per heavy atom. The summed E-state index contributed by atoms with van der Waals surface area (Å²) in [6.45, 7) is 1.00. The first kappa shape index (κ1) is 18.2. The van der Waals surface area contributed by atoms with Crippen LogP contribution in [0.4, 0.5) is 16.5 Å². The van der Waals surface area contributed by atoms with Crippen LogP contribution in [0.15, 0.2) is 52.7 Å². The molecule has 7 nitrogen and oxygen atoms in total. The van der Waals surface area contributed by atoms with Crippen LogP contribution in [0.2, 0.25) is 0 Å². The smallest absolute Gasteiger partial charge is 0.231 e. The second-order valence-electron chi connectivity index (χ2n) is 5.48. The molecule has 2 aromatic carbocycles. The van der Waals surface area contributed by atoms with Crippen LogP contribution in [0.5, 0.6) is 5.75 Å². The Labute approximate surface area is 155 Å². The maximum absolute atomic E-state index is 9.11. The van der Waals surface area contributed by atoms with Crippen molar-refractivity contribution in [2.45, 2.75) is 0 Å². The van der Waals surface area contributed by atoms with Gasteiger partial charge in [0.1, 0.15) is 5.75 Å². The summed E-state index contributed by atoms with van der Waals surface area (Å²) in [6.07, 6.45) is 0. The van der Waals surface area contributed by atoms with Gasteiger partial charge in [-0.1, -0.05) is 11.3 Å². The minimum atomic E-state index is 0.0316. The average Bonchev–Trinajstić information content (AvgIpc) is 3.08. The predicted octanol–water partition coefficient (Wildman–Crippen LogP) is 3.51. The Morgan fingerprint density at radius 3 is 2.42 bits per heavy atom. The lowest BCUT2D eigenvalue weighted by Gasteiger charge is -2.22. The fourth-order valence-corrected chi connectivity index (χ4v) is 3.27. The minimum absolute atomic E-state index is 0.0316. The van der Waals surface area contributed by atoms with E-state index >= 15 is 0 Å². The fraction of sp³-hybridized carbons (Fsp3) is 0.278. The van der Waals surface area contributed by atoms with Crippen LogP contribution in [0.3, 0.4) is 0 Å². The molecule has 2 N–H and O–H groups in total. The molecule has 0 saturated heterocycles. The van der Waals surface area contributed by atoms with Gasteiger partial charge >= 0.3 is 0 Å². The molecule has 0 aliphatic carbocycles. The van der Waals surface area contributed by atoms with E-state index in [1.54, 1.807) is 7.11 Å². The zero-order chi connectivity index (χ0) is 18.4. The molecular weight excluding hydrogens is 352 g/mol. The number of fused-ring (bicyclic) bond motifs is 1. The van der Waals surface area contributed by atoms with Crippen LogP contribution in [-0.4, -0.2) is 48.6 Å². The number of thiazole rings is 1. The lowest BCUT2D eigenvalue weighted by Crippen LogP contribution is -2.29. The lowest BCUT2D eigenvalue weighted by molar-refractivity contribution is 0.281. The molecule has 0 unspecified atom stereocenters. The topological polar surface area (TPSA) is 90.5 Å². The number of anilines is 1. The van der Waals surface area contributed by atoms with Gasteiger partial charge in [0.05, 0.1) is 36.2 Å². The highest BCUT2D eigenvalue weighted by Crippen LogP contribution is 2.31. The highest BCUT2D eigenvalue weighted by atomic mass is 32.1. The molecule has 3 aromatic rings. The molecular formula is C18H20N4O3S. The van der Waals surface area contributed by atoms with E-state index in [-0.39, 0.29) is 13.2 Å². The molecule has 0 atom stereocenters. The second-order valence-corrected chi connectivity index (χ2v) is 6.49. The summed E-state index contributed by atoms with van der Waals surface area (Å²) in [4.78, 5) is 6.35. The Morgan fingerprint density at radius 1 is 1.04 bits per heavy atom. The van der Waals surface area contributed by atoms with Gasteiger partial charge in [-0.05, 0) is 36.4 Å². The number of aliphatic hydroxyl groups excluding tert-OH is 2. The van der Waals surface area contributed by atoms with Crippen molar-refractivity contribution < 1.29 is 14.9 Å². The van der Waals surface area contributed by atoms with Crippen molar-refractivity contribution in [3.05, 3.63) is 42.5 Å². The zero-order valence-electron chi connectivity index (χ0n) is 14.4. The largest absolute Gasteiger partial charge is 0.497 e. The van der Waals surface area contributed by atoms with Crippen LogP contribution in [0.25, 0.3) is 10.2 Å². The highest BCUT2D eigenvalue weighted by molar-refractivity contribution is 7.21. The van der Waals surface area contributed by atoms with Crippen LogP contribution >= 0.6 is 11.3 Å². The van der Waals surface area contributed by atoms with Crippen LogP contribution in [0, 0.1) is 0 Å². The van der Waals surface area contributed by atoms with Crippen molar-refractivity contribution in [1.29, 1.82) is 0 Å². The van der Waals surface area contributed by atoms with E-state index in [9.17, 15) is 0 Å². The Bertz CT molecular complexity index is 874.